The highest BCUT2D eigenvalue weighted by Gasteiger charge is 2.18. The number of carbonyl (C=O) groups is 1. The van der Waals surface area contributed by atoms with Gasteiger partial charge in [-0.1, -0.05) is 17.7 Å². The largest absolute Gasteiger partial charge is 0.465 e. The maximum absolute atomic E-state index is 13.0. The third kappa shape index (κ3) is 3.72. The minimum absolute atomic E-state index is 0.0433. The predicted octanol–water partition coefficient (Wildman–Crippen LogP) is 3.53. The fraction of sp³-hybridized carbons (Fsp3) is 0.100. The van der Waals surface area contributed by atoms with E-state index in [1.54, 1.807) is 55.6 Å². The van der Waals surface area contributed by atoms with Crippen molar-refractivity contribution in [3.63, 3.8) is 0 Å². The van der Waals surface area contributed by atoms with Gasteiger partial charge in [0.05, 0.1) is 7.11 Å². The van der Waals surface area contributed by atoms with Gasteiger partial charge in [-0.2, -0.15) is 10.2 Å². The molecule has 0 aliphatic rings. The lowest BCUT2D eigenvalue weighted by Gasteiger charge is -2.11. The lowest BCUT2D eigenvalue weighted by Crippen LogP contribution is -2.20. The molecule has 0 saturated heterocycles. The molecule has 2 aromatic heterocycles. The summed E-state index contributed by atoms with van der Waals surface area (Å²) in [6.07, 6.45) is 2.66. The molecule has 0 unspecified atom stereocenters. The van der Waals surface area contributed by atoms with Gasteiger partial charge in [0, 0.05) is 11.2 Å². The molecule has 0 fully saturated rings. The van der Waals surface area contributed by atoms with Crippen molar-refractivity contribution in [2.24, 2.45) is 0 Å². The Labute approximate surface area is 165 Å². The number of hydrogen-bond acceptors (Lipinski definition) is 6. The average molecular weight is 396 g/mol. The Hall–Kier alpha value is -3.63. The minimum atomic E-state index is -0.867. The third-order valence-corrected chi connectivity index (χ3v) is 4.14. The van der Waals surface area contributed by atoms with Gasteiger partial charge < -0.3 is 9.47 Å². The Kier molecular flexibility index (Phi) is 5.43. The van der Waals surface area contributed by atoms with Gasteiger partial charge in [-0.25, -0.2) is 4.79 Å². The van der Waals surface area contributed by atoms with Crippen LogP contribution >= 0.6 is 11.6 Å². The first-order valence-electron chi connectivity index (χ1n) is 8.10. The summed E-state index contributed by atoms with van der Waals surface area (Å²) in [7, 11) is 1.15. The molecule has 0 N–H and O–H groups in total. The monoisotopic (exact) mass is 395 g/mol. The summed E-state index contributed by atoms with van der Waals surface area (Å²) in [5, 5.41) is 9.77. The molecule has 7 nitrogen and oxygen atoms in total. The smallest absolute Gasteiger partial charge is 0.348 e. The average Bonchev–Trinajstić information content (AvgIpc) is 2.70. The first kappa shape index (κ1) is 19.1. The zero-order valence-corrected chi connectivity index (χ0v) is 15.7. The zero-order chi connectivity index (χ0) is 20.3. The van der Waals surface area contributed by atoms with Crippen LogP contribution < -0.4 is 10.3 Å². The number of methoxy groups -OCH3 is 1. The van der Waals surface area contributed by atoms with Gasteiger partial charge in [0.25, 0.3) is 5.56 Å². The van der Waals surface area contributed by atoms with Gasteiger partial charge in [0.1, 0.15) is 28.6 Å². The van der Waals surface area contributed by atoms with Crippen molar-refractivity contribution >= 4 is 29.3 Å². The van der Waals surface area contributed by atoms with Crippen LogP contribution in [0, 0.1) is 18.3 Å². The summed E-state index contributed by atoms with van der Waals surface area (Å²) in [4.78, 5) is 29.2. The van der Waals surface area contributed by atoms with E-state index in [1.165, 1.54) is 4.40 Å². The van der Waals surface area contributed by atoms with Gasteiger partial charge in [-0.3, -0.25) is 9.20 Å². The Balaban J connectivity index is 2.27. The van der Waals surface area contributed by atoms with E-state index in [-0.39, 0.29) is 17.0 Å². The summed E-state index contributed by atoms with van der Waals surface area (Å²) in [6, 6.07) is 11.7. The van der Waals surface area contributed by atoms with Crippen molar-refractivity contribution in [1.82, 2.24) is 9.38 Å². The van der Waals surface area contributed by atoms with Gasteiger partial charge in [0.15, 0.2) is 0 Å². The second-order valence-corrected chi connectivity index (χ2v) is 6.17. The molecule has 0 amide bonds. The molecule has 3 rings (SSSR count). The van der Waals surface area contributed by atoms with Crippen LogP contribution in [0.1, 0.15) is 11.1 Å². The molecular formula is C20H14ClN3O4. The van der Waals surface area contributed by atoms with Crippen LogP contribution in [-0.2, 0) is 9.53 Å². The van der Waals surface area contributed by atoms with E-state index >= 15 is 0 Å². The number of aromatic nitrogens is 2. The number of ether oxygens (including phenoxy) is 2. The van der Waals surface area contributed by atoms with E-state index in [9.17, 15) is 14.9 Å². The molecule has 0 atom stereocenters. The van der Waals surface area contributed by atoms with Gasteiger partial charge in [-0.15, -0.1) is 0 Å². The topological polar surface area (TPSA) is 93.7 Å². The number of aryl methyl sites for hydroxylation is 1. The van der Waals surface area contributed by atoms with Gasteiger partial charge >= 0.3 is 5.97 Å². The molecule has 1 aromatic carbocycles. The minimum Gasteiger partial charge on any atom is -0.465 e. The summed E-state index contributed by atoms with van der Waals surface area (Å²) >= 11 is 5.89. The predicted molar refractivity (Wildman–Crippen MR) is 103 cm³/mol. The number of fused-ring (bicyclic) bond motifs is 1. The van der Waals surface area contributed by atoms with E-state index in [2.05, 4.69) is 9.72 Å². The summed E-state index contributed by atoms with van der Waals surface area (Å²) < 4.78 is 11.7. The number of nitriles is 1. The number of nitrogens with zero attached hydrogens (tertiary/aromatic N) is 3. The molecule has 2 heterocycles. The molecule has 0 aliphatic heterocycles. The highest BCUT2D eigenvalue weighted by Crippen LogP contribution is 2.26. The Bertz CT molecular complexity index is 1190. The lowest BCUT2D eigenvalue weighted by molar-refractivity contribution is -0.135. The molecule has 8 heteroatoms. The second-order valence-electron chi connectivity index (χ2n) is 5.74. The van der Waals surface area contributed by atoms with Crippen LogP contribution in [-0.4, -0.2) is 22.5 Å². The number of halogens is 1. The van der Waals surface area contributed by atoms with Crippen molar-refractivity contribution < 1.29 is 14.3 Å². The van der Waals surface area contributed by atoms with Crippen molar-refractivity contribution in [3.05, 3.63) is 74.7 Å². The SMILES string of the molecule is COC(=O)/C(C#N)=C\c1c(Oc2ccc(Cl)cc2)nc2c(C)cccn2c1=O. The maximum Gasteiger partial charge on any atom is 0.348 e. The van der Waals surface area contributed by atoms with Gasteiger partial charge in [-0.05, 0) is 48.9 Å². The fourth-order valence-electron chi connectivity index (χ4n) is 2.50. The fourth-order valence-corrected chi connectivity index (χ4v) is 2.62. The molecule has 0 saturated carbocycles. The van der Waals surface area contributed by atoms with E-state index in [0.29, 0.717) is 16.4 Å². The lowest BCUT2D eigenvalue weighted by atomic mass is 10.2. The van der Waals surface area contributed by atoms with Gasteiger partial charge in [0.2, 0.25) is 5.88 Å². The third-order valence-electron chi connectivity index (χ3n) is 3.89. The number of esters is 1. The highest BCUT2D eigenvalue weighted by molar-refractivity contribution is 6.30. The standard InChI is InChI=1S/C20H14ClN3O4/c1-12-4-3-9-24-17(12)23-18(28-15-7-5-14(21)6-8-15)16(19(24)25)10-13(11-22)20(26)27-2/h3-10H,1-2H3/b13-10-. The van der Waals surface area contributed by atoms with E-state index in [4.69, 9.17) is 16.3 Å². The first-order chi connectivity index (χ1) is 13.4. The van der Waals surface area contributed by atoms with Crippen LogP contribution in [0.25, 0.3) is 11.7 Å². The Morgan fingerprint density at radius 3 is 2.64 bits per heavy atom. The Morgan fingerprint density at radius 1 is 1.29 bits per heavy atom. The quantitative estimate of drug-likeness (QED) is 0.381. The highest BCUT2D eigenvalue weighted by atomic mass is 35.5. The molecule has 28 heavy (non-hydrogen) atoms. The second kappa shape index (κ2) is 7.94. The van der Waals surface area contributed by atoms with Crippen LogP contribution in [0.2, 0.25) is 5.02 Å². The number of carbonyl (C=O) groups excluding carboxylic acids is 1. The Morgan fingerprint density at radius 2 is 2.00 bits per heavy atom. The van der Waals surface area contributed by atoms with Crippen LogP contribution in [0.15, 0.2) is 53.0 Å². The summed E-state index contributed by atoms with van der Waals surface area (Å²) in [6.45, 7) is 1.80. The van der Waals surface area contributed by atoms with Crippen LogP contribution in [0.5, 0.6) is 11.6 Å². The molecule has 140 valence electrons. The molecular weight excluding hydrogens is 382 g/mol. The number of benzene rings is 1. The molecule has 3 aromatic rings. The van der Waals surface area contributed by atoms with E-state index in [1.807, 2.05) is 0 Å². The normalized spacial score (nSPS) is 11.1. The van der Waals surface area contributed by atoms with Crippen LogP contribution in [0.4, 0.5) is 0 Å². The number of hydrogen-bond donors (Lipinski definition) is 0. The van der Waals surface area contributed by atoms with Crippen LogP contribution in [0.3, 0.4) is 0 Å². The zero-order valence-electron chi connectivity index (χ0n) is 15.0. The first-order valence-corrected chi connectivity index (χ1v) is 8.48. The van der Waals surface area contributed by atoms with Crippen molar-refractivity contribution in [1.29, 1.82) is 5.26 Å². The number of rotatable bonds is 4. The maximum atomic E-state index is 13.0. The number of pyridine rings is 1. The van der Waals surface area contributed by atoms with E-state index in [0.717, 1.165) is 18.7 Å². The van der Waals surface area contributed by atoms with Crippen molar-refractivity contribution in [2.75, 3.05) is 7.11 Å². The molecule has 0 bridgehead atoms. The van der Waals surface area contributed by atoms with Crippen molar-refractivity contribution in [3.8, 4) is 17.7 Å². The molecule has 0 radical (unpaired) electrons. The van der Waals surface area contributed by atoms with E-state index < -0.39 is 11.5 Å². The molecule has 0 spiro atoms. The summed E-state index contributed by atoms with van der Waals surface area (Å²) in [5.74, 6) is -0.521. The molecule has 0 aliphatic carbocycles. The van der Waals surface area contributed by atoms with Crippen molar-refractivity contribution in [2.45, 2.75) is 6.92 Å². The summed E-state index contributed by atoms with van der Waals surface area (Å²) in [5.41, 5.74) is 0.249.